The van der Waals surface area contributed by atoms with Crippen molar-refractivity contribution in [1.29, 1.82) is 0 Å². The molecular weight excluding hydrogens is 187 g/mol. The maximum absolute atomic E-state index is 11.1. The van der Waals surface area contributed by atoms with E-state index in [2.05, 4.69) is 4.74 Å². The first-order chi connectivity index (χ1) is 4.90. The summed E-state index contributed by atoms with van der Waals surface area (Å²) in [6.07, 6.45) is 0.701. The van der Waals surface area contributed by atoms with Crippen LogP contribution in [0.1, 0.15) is 27.2 Å². The number of hydrogen-bond acceptors (Lipinski definition) is 2. The minimum absolute atomic E-state index is 0.366. The van der Waals surface area contributed by atoms with Gasteiger partial charge < -0.3 is 4.74 Å². The van der Waals surface area contributed by atoms with Crippen molar-refractivity contribution in [3.8, 4) is 0 Å². The van der Waals surface area contributed by atoms with Crippen molar-refractivity contribution in [2.75, 3.05) is 0 Å². The Balaban J connectivity index is 4.02. The predicted molar refractivity (Wildman–Crippen MR) is 45.7 cm³/mol. The molecule has 0 rings (SSSR count). The van der Waals surface area contributed by atoms with Crippen LogP contribution in [-0.4, -0.2) is 11.0 Å². The van der Waals surface area contributed by atoms with E-state index in [1.165, 1.54) is 0 Å². The second-order valence-electron chi connectivity index (χ2n) is 2.90. The van der Waals surface area contributed by atoms with Crippen molar-refractivity contribution < 1.29 is 9.53 Å². The molecule has 0 radical (unpaired) electrons. The summed E-state index contributed by atoms with van der Waals surface area (Å²) >= 11 is 10.5. The summed E-state index contributed by atoms with van der Waals surface area (Å²) in [6.45, 7) is 5.47. The summed E-state index contributed by atoms with van der Waals surface area (Å²) in [5, 5.41) is -1.06. The molecule has 0 bridgehead atoms. The molecule has 0 aromatic heterocycles. The molecule has 0 aromatic rings. The van der Waals surface area contributed by atoms with Crippen LogP contribution in [0.25, 0.3) is 0 Å². The van der Waals surface area contributed by atoms with Crippen molar-refractivity contribution >= 4 is 29.2 Å². The van der Waals surface area contributed by atoms with Crippen LogP contribution in [0.5, 0.6) is 0 Å². The Morgan fingerprint density at radius 3 is 2.27 bits per heavy atom. The van der Waals surface area contributed by atoms with Crippen molar-refractivity contribution in [2.24, 2.45) is 5.41 Å². The maximum atomic E-state index is 11.1. The number of hydrogen-bond donors (Lipinski definition) is 0. The first kappa shape index (κ1) is 11.1. The molecule has 0 heterocycles. The molecule has 0 aromatic carbocycles. The second kappa shape index (κ2) is 4.17. The molecule has 0 N–H and O–H groups in total. The summed E-state index contributed by atoms with van der Waals surface area (Å²) in [6, 6.07) is 0. The van der Waals surface area contributed by atoms with Crippen LogP contribution < -0.4 is 0 Å². The average Bonchev–Trinajstić information content (AvgIpc) is 1.86. The number of halogens is 2. The third-order valence-corrected chi connectivity index (χ3v) is 1.81. The Bertz CT molecular complexity index is 143. The lowest BCUT2D eigenvalue weighted by Gasteiger charge is -2.20. The first-order valence-electron chi connectivity index (χ1n) is 3.39. The van der Waals surface area contributed by atoms with Gasteiger partial charge in [-0.15, -0.1) is 0 Å². The third kappa shape index (κ3) is 3.82. The number of esters is 1. The van der Waals surface area contributed by atoms with Gasteiger partial charge in [0.15, 0.2) is 0 Å². The Kier molecular flexibility index (Phi) is 4.19. The van der Waals surface area contributed by atoms with E-state index in [1.54, 1.807) is 13.8 Å². The van der Waals surface area contributed by atoms with Gasteiger partial charge in [0.05, 0.1) is 5.41 Å². The minimum Gasteiger partial charge on any atom is -0.431 e. The van der Waals surface area contributed by atoms with Crippen molar-refractivity contribution in [3.63, 3.8) is 0 Å². The number of carbonyl (C=O) groups is 1. The molecular formula is C7H12Cl2O2. The summed E-state index contributed by atoms with van der Waals surface area (Å²) in [5.74, 6) is -0.366. The highest BCUT2D eigenvalue weighted by atomic mass is 35.5. The SMILES string of the molecule is CCC(C)(C)C(=O)OC(Cl)Cl. The molecule has 0 atom stereocenters. The lowest BCUT2D eigenvalue weighted by atomic mass is 9.91. The fraction of sp³-hybridized carbons (Fsp3) is 0.857. The Labute approximate surface area is 76.8 Å². The van der Waals surface area contributed by atoms with Crippen molar-refractivity contribution in [1.82, 2.24) is 0 Å². The molecule has 0 aliphatic rings. The van der Waals surface area contributed by atoms with E-state index in [0.29, 0.717) is 6.42 Å². The highest BCUT2D eigenvalue weighted by Crippen LogP contribution is 2.23. The summed E-state index contributed by atoms with van der Waals surface area (Å²) < 4.78 is 4.60. The molecule has 0 aliphatic carbocycles. The van der Waals surface area contributed by atoms with Gasteiger partial charge in [0.25, 0.3) is 5.02 Å². The van der Waals surface area contributed by atoms with Crippen LogP contribution in [0.3, 0.4) is 0 Å². The van der Waals surface area contributed by atoms with Crippen LogP contribution in [0, 0.1) is 5.41 Å². The van der Waals surface area contributed by atoms with E-state index in [9.17, 15) is 4.79 Å². The first-order valence-corrected chi connectivity index (χ1v) is 4.26. The van der Waals surface area contributed by atoms with Crippen LogP contribution in [0.4, 0.5) is 0 Å². The fourth-order valence-corrected chi connectivity index (χ4v) is 0.547. The normalized spacial score (nSPS) is 11.8. The topological polar surface area (TPSA) is 26.3 Å². The highest BCUT2D eigenvalue weighted by Gasteiger charge is 2.28. The van der Waals surface area contributed by atoms with E-state index in [4.69, 9.17) is 23.2 Å². The molecule has 11 heavy (non-hydrogen) atoms. The molecule has 0 spiro atoms. The van der Waals surface area contributed by atoms with Gasteiger partial charge in [-0.25, -0.2) is 0 Å². The number of alkyl halides is 2. The van der Waals surface area contributed by atoms with Gasteiger partial charge in [-0.1, -0.05) is 30.1 Å². The molecule has 66 valence electrons. The van der Waals surface area contributed by atoms with E-state index in [-0.39, 0.29) is 5.97 Å². The zero-order valence-electron chi connectivity index (χ0n) is 6.86. The average molecular weight is 199 g/mol. The summed E-state index contributed by atoms with van der Waals surface area (Å²) in [4.78, 5) is 11.1. The summed E-state index contributed by atoms with van der Waals surface area (Å²) in [5.41, 5.74) is -0.498. The van der Waals surface area contributed by atoms with Gasteiger partial charge in [-0.3, -0.25) is 4.79 Å². The third-order valence-electron chi connectivity index (χ3n) is 1.63. The van der Waals surface area contributed by atoms with Gasteiger partial charge in [0, 0.05) is 0 Å². The molecule has 4 heteroatoms. The number of carbonyl (C=O) groups excluding carboxylic acids is 1. The van der Waals surface area contributed by atoms with E-state index >= 15 is 0 Å². The van der Waals surface area contributed by atoms with Crippen molar-refractivity contribution in [2.45, 2.75) is 32.2 Å². The van der Waals surface area contributed by atoms with Crippen molar-refractivity contribution in [3.05, 3.63) is 0 Å². The maximum Gasteiger partial charge on any atom is 0.313 e. The number of rotatable bonds is 3. The van der Waals surface area contributed by atoms with Crippen LogP contribution in [0.15, 0.2) is 0 Å². The zero-order valence-corrected chi connectivity index (χ0v) is 8.37. The van der Waals surface area contributed by atoms with Gasteiger partial charge in [0.2, 0.25) is 0 Å². The molecule has 0 saturated carbocycles. The standard InChI is InChI=1S/C7H12Cl2O2/c1-4-7(2,3)5(10)11-6(8)9/h6H,4H2,1-3H3. The lowest BCUT2D eigenvalue weighted by molar-refractivity contribution is -0.153. The predicted octanol–water partition coefficient (Wildman–Crippen LogP) is 2.73. The highest BCUT2D eigenvalue weighted by molar-refractivity contribution is 6.43. The number of ether oxygens (including phenoxy) is 1. The molecule has 0 unspecified atom stereocenters. The van der Waals surface area contributed by atoms with Crippen LogP contribution >= 0.6 is 23.2 Å². The van der Waals surface area contributed by atoms with Gasteiger partial charge in [-0.05, 0) is 20.3 Å². The molecule has 0 aliphatic heterocycles. The lowest BCUT2D eigenvalue weighted by Crippen LogP contribution is -2.26. The Morgan fingerprint density at radius 2 is 2.00 bits per heavy atom. The van der Waals surface area contributed by atoms with Crippen LogP contribution in [-0.2, 0) is 9.53 Å². The smallest absolute Gasteiger partial charge is 0.313 e. The monoisotopic (exact) mass is 198 g/mol. The Morgan fingerprint density at radius 1 is 1.55 bits per heavy atom. The molecule has 0 saturated heterocycles. The summed E-state index contributed by atoms with van der Waals surface area (Å²) in [7, 11) is 0. The van der Waals surface area contributed by atoms with E-state index in [1.807, 2.05) is 6.92 Å². The largest absolute Gasteiger partial charge is 0.431 e. The van der Waals surface area contributed by atoms with E-state index in [0.717, 1.165) is 0 Å². The fourth-order valence-electron chi connectivity index (χ4n) is 0.385. The van der Waals surface area contributed by atoms with Crippen LogP contribution in [0.2, 0.25) is 0 Å². The molecule has 0 fully saturated rings. The second-order valence-corrected chi connectivity index (χ2v) is 3.92. The van der Waals surface area contributed by atoms with E-state index < -0.39 is 10.4 Å². The quantitative estimate of drug-likeness (QED) is 0.516. The zero-order chi connectivity index (χ0) is 9.07. The van der Waals surface area contributed by atoms with Gasteiger partial charge in [0.1, 0.15) is 0 Å². The molecule has 2 nitrogen and oxygen atoms in total. The van der Waals surface area contributed by atoms with Gasteiger partial charge >= 0.3 is 5.97 Å². The minimum atomic E-state index is -1.06. The molecule has 0 amide bonds. The van der Waals surface area contributed by atoms with Gasteiger partial charge in [-0.2, -0.15) is 0 Å². The Hall–Kier alpha value is 0.0500.